The number of hydrogen-bond acceptors (Lipinski definition) is 4. The molecule has 0 unspecified atom stereocenters. The molecule has 0 aliphatic carbocycles. The summed E-state index contributed by atoms with van der Waals surface area (Å²) < 4.78 is 28.7. The number of pyridine rings is 1. The second-order valence-electron chi connectivity index (χ2n) is 4.98. The topological polar surface area (TPSA) is 97.4 Å². The van der Waals surface area contributed by atoms with E-state index in [1.807, 2.05) is 0 Å². The lowest BCUT2D eigenvalue weighted by molar-refractivity contribution is 0.596. The van der Waals surface area contributed by atoms with Crippen LogP contribution in [0.1, 0.15) is 0 Å². The predicted octanol–water partition coefficient (Wildman–Crippen LogP) is 2.95. The second kappa shape index (κ2) is 6.46. The van der Waals surface area contributed by atoms with Crippen molar-refractivity contribution < 1.29 is 8.42 Å². The minimum Gasteiger partial charge on any atom is -0.369 e. The Morgan fingerprint density at radius 1 is 1.08 bits per heavy atom. The molecule has 0 fully saturated rings. The summed E-state index contributed by atoms with van der Waals surface area (Å²) in [5, 5.41) is 4.21. The van der Waals surface area contributed by atoms with Crippen molar-refractivity contribution in [3.63, 3.8) is 0 Å². The molecule has 0 atom stereocenters. The van der Waals surface area contributed by atoms with Crippen LogP contribution in [0.4, 0.5) is 5.69 Å². The molecule has 3 N–H and O–H groups in total. The molecule has 0 amide bonds. The Morgan fingerprint density at radius 3 is 2.54 bits per heavy atom. The van der Waals surface area contributed by atoms with E-state index < -0.39 is 9.84 Å². The first-order valence-electron chi connectivity index (χ1n) is 6.92. The van der Waals surface area contributed by atoms with Crippen molar-refractivity contribution in [3.8, 4) is 0 Å². The molecular weight excluding hydrogens is 348 g/mol. The highest BCUT2D eigenvalue weighted by atomic mass is 35.5. The van der Waals surface area contributed by atoms with Crippen LogP contribution in [0.3, 0.4) is 0 Å². The van der Waals surface area contributed by atoms with E-state index in [9.17, 15) is 8.42 Å². The van der Waals surface area contributed by atoms with E-state index in [-0.39, 0.29) is 15.8 Å². The van der Waals surface area contributed by atoms with E-state index in [4.69, 9.17) is 17.5 Å². The molecule has 8 heteroatoms. The van der Waals surface area contributed by atoms with Crippen LogP contribution in [-0.4, -0.2) is 19.4 Å². The largest absolute Gasteiger partial charge is 0.369 e. The highest BCUT2D eigenvalue weighted by molar-refractivity contribution is 7.91. The van der Waals surface area contributed by atoms with Gasteiger partial charge in [0.1, 0.15) is 0 Å². The summed E-state index contributed by atoms with van der Waals surface area (Å²) in [5.41, 5.74) is 6.14. The van der Waals surface area contributed by atoms with Gasteiger partial charge >= 0.3 is 0 Å². The molecule has 0 radical (unpaired) electrons. The molecule has 0 saturated heterocycles. The highest BCUT2D eigenvalue weighted by Crippen LogP contribution is 2.27. The Kier molecular flexibility index (Phi) is 4.37. The number of rotatable bonds is 3. The fourth-order valence-electron chi connectivity index (χ4n) is 2.32. The summed E-state index contributed by atoms with van der Waals surface area (Å²) in [6.07, 6.45) is 3.14. The second-order valence-corrected chi connectivity index (χ2v) is 7.10. The average molecular weight is 361 g/mol. The van der Waals surface area contributed by atoms with Gasteiger partial charge in [0.05, 0.1) is 21.7 Å². The molecule has 3 rings (SSSR count). The van der Waals surface area contributed by atoms with E-state index in [1.54, 1.807) is 60.9 Å². The molecule has 0 aliphatic heterocycles. The first-order chi connectivity index (χ1) is 11.5. The van der Waals surface area contributed by atoms with Crippen molar-refractivity contribution >= 4 is 44.0 Å². The molecule has 0 aliphatic rings. The van der Waals surface area contributed by atoms with E-state index in [1.165, 1.54) is 0 Å². The summed E-state index contributed by atoms with van der Waals surface area (Å²) in [5.74, 6) is 0.0203. The third-order valence-corrected chi connectivity index (χ3v) is 5.40. The maximum atomic E-state index is 12.7. The third-order valence-electron chi connectivity index (χ3n) is 3.45. The molecular formula is C16H13ClN4O2S. The van der Waals surface area contributed by atoms with Crippen molar-refractivity contribution in [1.82, 2.24) is 4.98 Å². The van der Waals surface area contributed by atoms with Gasteiger partial charge in [0, 0.05) is 28.7 Å². The Labute approximate surface area is 144 Å². The first kappa shape index (κ1) is 16.2. The van der Waals surface area contributed by atoms with Gasteiger partial charge in [-0.2, -0.15) is 0 Å². The molecule has 2 aromatic carbocycles. The molecule has 1 aromatic heterocycles. The minimum absolute atomic E-state index is 0.0203. The standard InChI is InChI=1S/C16H13ClN4O2S/c17-21-16(18)20-15-10-19-9-11-8-13(6-7-14(11)15)24(22,23)12-4-2-1-3-5-12/h1-10H,(H3,18,20,21). The summed E-state index contributed by atoms with van der Waals surface area (Å²) in [7, 11) is -3.59. The Bertz CT molecular complexity index is 1020. The number of fused-ring (bicyclic) bond motifs is 1. The average Bonchev–Trinajstić information content (AvgIpc) is 2.62. The number of nitrogens with one attached hydrogen (secondary N) is 1. The van der Waals surface area contributed by atoms with Gasteiger partial charge in [0.15, 0.2) is 0 Å². The highest BCUT2D eigenvalue weighted by Gasteiger charge is 2.18. The number of nitrogens with zero attached hydrogens (tertiary/aromatic N) is 2. The van der Waals surface area contributed by atoms with Crippen LogP contribution in [0.5, 0.6) is 0 Å². The Hall–Kier alpha value is -2.64. The number of halogens is 1. The fourth-order valence-corrected chi connectivity index (χ4v) is 3.68. The van der Waals surface area contributed by atoms with Crippen LogP contribution in [0.2, 0.25) is 0 Å². The van der Waals surface area contributed by atoms with Gasteiger partial charge < -0.3 is 11.1 Å². The van der Waals surface area contributed by atoms with Gasteiger partial charge in [-0.25, -0.2) is 8.42 Å². The number of guanidine groups is 1. The number of hydrogen-bond donors (Lipinski definition) is 2. The minimum atomic E-state index is -3.59. The van der Waals surface area contributed by atoms with Crippen LogP contribution in [0, 0.1) is 0 Å². The third kappa shape index (κ3) is 3.04. The number of benzene rings is 2. The lowest BCUT2D eigenvalue weighted by Gasteiger charge is -2.10. The van der Waals surface area contributed by atoms with Gasteiger partial charge in [-0.05, 0) is 24.3 Å². The van der Waals surface area contributed by atoms with Crippen molar-refractivity contribution in [2.75, 3.05) is 5.32 Å². The molecule has 3 aromatic rings. The quantitative estimate of drug-likeness (QED) is 0.552. The lowest BCUT2D eigenvalue weighted by atomic mass is 10.1. The van der Waals surface area contributed by atoms with Crippen molar-refractivity contribution in [1.29, 1.82) is 0 Å². The van der Waals surface area contributed by atoms with Crippen LogP contribution in [0.25, 0.3) is 10.8 Å². The molecule has 0 bridgehead atoms. The summed E-state index contributed by atoms with van der Waals surface area (Å²) >= 11 is 5.31. The molecule has 24 heavy (non-hydrogen) atoms. The predicted molar refractivity (Wildman–Crippen MR) is 94.7 cm³/mol. The maximum Gasteiger partial charge on any atom is 0.210 e. The zero-order valence-electron chi connectivity index (χ0n) is 12.3. The van der Waals surface area contributed by atoms with Crippen LogP contribution in [-0.2, 0) is 9.84 Å². The van der Waals surface area contributed by atoms with Crippen molar-refractivity contribution in [3.05, 3.63) is 60.9 Å². The molecule has 0 saturated carbocycles. The van der Waals surface area contributed by atoms with E-state index in [2.05, 4.69) is 14.8 Å². The number of aromatic nitrogens is 1. The Balaban J connectivity index is 2.10. The van der Waals surface area contributed by atoms with Gasteiger partial charge in [-0.15, -0.1) is 4.51 Å². The van der Waals surface area contributed by atoms with Crippen molar-refractivity contribution in [2.24, 2.45) is 10.2 Å². The zero-order valence-corrected chi connectivity index (χ0v) is 13.9. The van der Waals surface area contributed by atoms with Gasteiger partial charge in [0.25, 0.3) is 0 Å². The lowest BCUT2D eigenvalue weighted by Crippen LogP contribution is -2.21. The SMILES string of the molecule is NC(=NCl)Nc1cncc2cc(S(=O)(=O)c3ccccc3)ccc12. The number of sulfone groups is 1. The number of anilines is 1. The van der Waals surface area contributed by atoms with Gasteiger partial charge in [-0.1, -0.05) is 24.3 Å². The maximum absolute atomic E-state index is 12.7. The first-order valence-corrected chi connectivity index (χ1v) is 8.74. The normalized spacial score (nSPS) is 12.3. The zero-order chi connectivity index (χ0) is 17.2. The smallest absolute Gasteiger partial charge is 0.210 e. The van der Waals surface area contributed by atoms with Crippen molar-refractivity contribution in [2.45, 2.75) is 9.79 Å². The molecule has 122 valence electrons. The van der Waals surface area contributed by atoms with Crippen LogP contribution in [0.15, 0.2) is 75.2 Å². The molecule has 1 heterocycles. The van der Waals surface area contributed by atoms with Gasteiger partial charge in [0.2, 0.25) is 15.8 Å². The van der Waals surface area contributed by atoms with E-state index >= 15 is 0 Å². The summed E-state index contributed by atoms with van der Waals surface area (Å²) in [6, 6.07) is 13.1. The van der Waals surface area contributed by atoms with E-state index in [0.29, 0.717) is 11.1 Å². The number of nitrogens with two attached hydrogens (primary N) is 1. The Morgan fingerprint density at radius 2 is 1.83 bits per heavy atom. The molecule has 6 nitrogen and oxygen atoms in total. The monoisotopic (exact) mass is 360 g/mol. The molecule has 0 spiro atoms. The van der Waals surface area contributed by atoms with Crippen LogP contribution >= 0.6 is 11.8 Å². The van der Waals surface area contributed by atoms with E-state index in [0.717, 1.165) is 5.39 Å². The van der Waals surface area contributed by atoms with Crippen LogP contribution < -0.4 is 11.1 Å². The summed E-state index contributed by atoms with van der Waals surface area (Å²) in [4.78, 5) is 4.52. The summed E-state index contributed by atoms with van der Waals surface area (Å²) in [6.45, 7) is 0. The van der Waals surface area contributed by atoms with Gasteiger partial charge in [-0.3, -0.25) is 4.98 Å². The fraction of sp³-hybridized carbons (Fsp3) is 0.